The van der Waals surface area contributed by atoms with Gasteiger partial charge < -0.3 is 15.0 Å². The predicted octanol–water partition coefficient (Wildman–Crippen LogP) is 3.11. The fourth-order valence-electron chi connectivity index (χ4n) is 3.67. The van der Waals surface area contributed by atoms with Crippen LogP contribution in [0.2, 0.25) is 0 Å². The number of aromatic nitrogens is 4. The molecule has 0 radical (unpaired) electrons. The van der Waals surface area contributed by atoms with E-state index in [0.29, 0.717) is 24.7 Å². The van der Waals surface area contributed by atoms with Gasteiger partial charge in [0.15, 0.2) is 11.5 Å². The van der Waals surface area contributed by atoms with Crippen LogP contribution in [0.5, 0.6) is 0 Å². The van der Waals surface area contributed by atoms with Crippen LogP contribution in [0, 0.1) is 0 Å². The van der Waals surface area contributed by atoms with E-state index in [4.69, 9.17) is 4.74 Å². The molecular formula is C21H20N6O2. The zero-order valence-electron chi connectivity index (χ0n) is 15.9. The summed E-state index contributed by atoms with van der Waals surface area (Å²) in [5.74, 6) is 0.620. The van der Waals surface area contributed by atoms with Gasteiger partial charge in [0.25, 0.3) is 5.91 Å². The number of hydrogen-bond donors (Lipinski definition) is 2. The minimum absolute atomic E-state index is 0.0869. The number of pyridine rings is 2. The highest BCUT2D eigenvalue weighted by Gasteiger charge is 2.26. The third-order valence-electron chi connectivity index (χ3n) is 5.34. The first-order valence-electron chi connectivity index (χ1n) is 9.50. The maximum absolute atomic E-state index is 13.0. The van der Waals surface area contributed by atoms with Gasteiger partial charge in [-0.15, -0.1) is 0 Å². The van der Waals surface area contributed by atoms with Gasteiger partial charge in [-0.25, -0.2) is 4.98 Å². The van der Waals surface area contributed by atoms with Gasteiger partial charge in [-0.1, -0.05) is 0 Å². The van der Waals surface area contributed by atoms with E-state index >= 15 is 0 Å². The first-order valence-corrected chi connectivity index (χ1v) is 9.50. The van der Waals surface area contributed by atoms with E-state index in [1.165, 1.54) is 0 Å². The van der Waals surface area contributed by atoms with Crippen LogP contribution in [-0.2, 0) is 4.74 Å². The molecule has 1 saturated heterocycles. The molecule has 0 bridgehead atoms. The zero-order chi connectivity index (χ0) is 19.8. The minimum atomic E-state index is -0.0869. The average molecular weight is 388 g/mol. The van der Waals surface area contributed by atoms with Gasteiger partial charge in [0.2, 0.25) is 0 Å². The molecule has 1 amide bonds. The van der Waals surface area contributed by atoms with Gasteiger partial charge in [0.1, 0.15) is 5.69 Å². The number of benzene rings is 1. The molecule has 8 nitrogen and oxygen atoms in total. The van der Waals surface area contributed by atoms with Gasteiger partial charge in [-0.05, 0) is 48.2 Å². The number of ether oxygens (including phenoxy) is 1. The van der Waals surface area contributed by atoms with E-state index in [9.17, 15) is 4.79 Å². The fraction of sp³-hybridized carbons (Fsp3) is 0.238. The summed E-state index contributed by atoms with van der Waals surface area (Å²) in [6.45, 7) is 1.27. The summed E-state index contributed by atoms with van der Waals surface area (Å²) in [5.41, 5.74) is 2.06. The summed E-state index contributed by atoms with van der Waals surface area (Å²) in [7, 11) is 1.81. The summed E-state index contributed by atoms with van der Waals surface area (Å²) in [5, 5.41) is 13.2. The van der Waals surface area contributed by atoms with Gasteiger partial charge >= 0.3 is 0 Å². The zero-order valence-corrected chi connectivity index (χ0v) is 15.9. The van der Waals surface area contributed by atoms with Crippen molar-refractivity contribution in [1.29, 1.82) is 0 Å². The molecule has 4 aromatic rings. The second-order valence-electron chi connectivity index (χ2n) is 7.13. The number of nitrogens with one attached hydrogen (secondary N) is 2. The normalized spacial score (nSPS) is 16.4. The van der Waals surface area contributed by atoms with Crippen molar-refractivity contribution in [1.82, 2.24) is 25.1 Å². The largest absolute Gasteiger partial charge is 0.379 e. The predicted molar refractivity (Wildman–Crippen MR) is 110 cm³/mol. The molecule has 1 aliphatic rings. The monoisotopic (exact) mass is 388 g/mol. The molecule has 4 heterocycles. The maximum Gasteiger partial charge on any atom is 0.273 e. The smallest absolute Gasteiger partial charge is 0.273 e. The summed E-state index contributed by atoms with van der Waals surface area (Å²) >= 11 is 0. The van der Waals surface area contributed by atoms with Crippen molar-refractivity contribution in [2.75, 3.05) is 25.6 Å². The van der Waals surface area contributed by atoms with Crippen LogP contribution >= 0.6 is 0 Å². The lowest BCUT2D eigenvalue weighted by molar-refractivity contribution is 0.0707. The molecule has 1 aromatic carbocycles. The lowest BCUT2D eigenvalue weighted by Gasteiger charge is -2.23. The Morgan fingerprint density at radius 3 is 3.00 bits per heavy atom. The number of carbonyl (C=O) groups excluding carboxylic acids is 1. The number of aromatic amines is 1. The quantitative estimate of drug-likeness (QED) is 0.558. The first kappa shape index (κ1) is 17.6. The Bertz CT molecular complexity index is 1200. The number of fused-ring (bicyclic) bond motifs is 2. The van der Waals surface area contributed by atoms with Crippen molar-refractivity contribution in [3.05, 3.63) is 54.5 Å². The van der Waals surface area contributed by atoms with Crippen molar-refractivity contribution < 1.29 is 9.53 Å². The standard InChI is InChI=1S/C21H20N6O2/c1-27(15-7-10-29-12-15)21(28)18-16-5-4-14(11-13(16)6-9-22-18)24-20-17-3-2-8-23-19(17)25-26-20/h2-6,8-9,11,15H,7,10,12H2,1H3,(H2,23,24,25,26). The van der Waals surface area contributed by atoms with Crippen LogP contribution in [0.3, 0.4) is 0 Å². The van der Waals surface area contributed by atoms with Crippen LogP contribution in [-0.4, -0.2) is 57.3 Å². The summed E-state index contributed by atoms with van der Waals surface area (Å²) < 4.78 is 5.41. The minimum Gasteiger partial charge on any atom is -0.379 e. The van der Waals surface area contributed by atoms with Crippen molar-refractivity contribution in [2.45, 2.75) is 12.5 Å². The SMILES string of the molecule is CN(C(=O)c1nccc2cc(Nc3n[nH]c4ncccc34)ccc12)C1CCOC1. The second-order valence-corrected chi connectivity index (χ2v) is 7.13. The number of rotatable bonds is 4. The topological polar surface area (TPSA) is 96.0 Å². The first-order chi connectivity index (χ1) is 14.2. The number of anilines is 2. The Kier molecular flexibility index (Phi) is 4.33. The molecule has 1 unspecified atom stereocenters. The molecule has 0 aliphatic carbocycles. The van der Waals surface area contributed by atoms with E-state index in [-0.39, 0.29) is 11.9 Å². The molecule has 146 valence electrons. The lowest BCUT2D eigenvalue weighted by Crippen LogP contribution is -2.37. The van der Waals surface area contributed by atoms with Gasteiger partial charge in [0, 0.05) is 37.1 Å². The van der Waals surface area contributed by atoms with E-state index < -0.39 is 0 Å². The third-order valence-corrected chi connectivity index (χ3v) is 5.34. The highest BCUT2D eigenvalue weighted by Crippen LogP contribution is 2.27. The van der Waals surface area contributed by atoms with Crippen LogP contribution < -0.4 is 5.32 Å². The molecule has 0 spiro atoms. The third kappa shape index (κ3) is 3.17. The highest BCUT2D eigenvalue weighted by atomic mass is 16.5. The molecular weight excluding hydrogens is 368 g/mol. The van der Waals surface area contributed by atoms with Crippen LogP contribution in [0.1, 0.15) is 16.9 Å². The highest BCUT2D eigenvalue weighted by molar-refractivity contribution is 6.06. The Hall–Kier alpha value is -3.52. The Morgan fingerprint density at radius 1 is 1.21 bits per heavy atom. The summed E-state index contributed by atoms with van der Waals surface area (Å²) in [4.78, 5) is 23.4. The number of carbonyl (C=O) groups is 1. The van der Waals surface area contributed by atoms with E-state index in [2.05, 4.69) is 25.5 Å². The van der Waals surface area contributed by atoms with Crippen molar-refractivity contribution in [3.63, 3.8) is 0 Å². The summed E-state index contributed by atoms with van der Waals surface area (Å²) in [6, 6.07) is 11.7. The maximum atomic E-state index is 13.0. The van der Waals surface area contributed by atoms with Crippen LogP contribution in [0.4, 0.5) is 11.5 Å². The van der Waals surface area contributed by atoms with E-state index in [1.807, 2.05) is 43.4 Å². The molecule has 1 aliphatic heterocycles. The molecule has 5 rings (SSSR count). The fourth-order valence-corrected chi connectivity index (χ4v) is 3.67. The Balaban J connectivity index is 1.46. The number of H-pyrrole nitrogens is 1. The summed E-state index contributed by atoms with van der Waals surface area (Å²) in [6.07, 6.45) is 4.25. The van der Waals surface area contributed by atoms with Gasteiger partial charge in [-0.2, -0.15) is 5.10 Å². The number of hydrogen-bond acceptors (Lipinski definition) is 6. The number of amides is 1. The molecule has 8 heteroatoms. The Labute approximate surface area is 166 Å². The van der Waals surface area contributed by atoms with Crippen LogP contribution in [0.25, 0.3) is 21.8 Å². The molecule has 1 fully saturated rings. The molecule has 2 N–H and O–H groups in total. The van der Waals surface area contributed by atoms with Crippen molar-refractivity contribution in [2.24, 2.45) is 0 Å². The molecule has 3 aromatic heterocycles. The van der Waals surface area contributed by atoms with Gasteiger partial charge in [0.05, 0.1) is 18.0 Å². The van der Waals surface area contributed by atoms with Crippen LogP contribution in [0.15, 0.2) is 48.8 Å². The second kappa shape index (κ2) is 7.14. The van der Waals surface area contributed by atoms with E-state index in [1.54, 1.807) is 17.3 Å². The number of nitrogens with zero attached hydrogens (tertiary/aromatic N) is 4. The molecule has 1 atom stereocenters. The van der Waals surface area contributed by atoms with Crippen molar-refractivity contribution in [3.8, 4) is 0 Å². The van der Waals surface area contributed by atoms with E-state index in [0.717, 1.165) is 33.9 Å². The lowest BCUT2D eigenvalue weighted by atomic mass is 10.1. The molecule has 29 heavy (non-hydrogen) atoms. The van der Waals surface area contributed by atoms with Gasteiger partial charge in [-0.3, -0.25) is 14.9 Å². The number of likely N-dealkylation sites (N-methyl/N-ethyl adjacent to an activating group) is 1. The Morgan fingerprint density at radius 2 is 2.14 bits per heavy atom. The molecule has 0 saturated carbocycles. The van der Waals surface area contributed by atoms with Crippen molar-refractivity contribution >= 4 is 39.2 Å². The average Bonchev–Trinajstić information content (AvgIpc) is 3.43.